The van der Waals surface area contributed by atoms with Gasteiger partial charge in [-0.05, 0) is 38.5 Å². The van der Waals surface area contributed by atoms with Crippen LogP contribution in [0.25, 0.3) is 0 Å². The number of carbonyl (C=O) groups excluding carboxylic acids is 2. The van der Waals surface area contributed by atoms with Gasteiger partial charge in [-0.3, -0.25) is 4.79 Å². The lowest BCUT2D eigenvalue weighted by molar-refractivity contribution is -0.149. The Morgan fingerprint density at radius 1 is 1.19 bits per heavy atom. The molecule has 0 spiro atoms. The van der Waals surface area contributed by atoms with Crippen molar-refractivity contribution in [2.24, 2.45) is 0 Å². The van der Waals surface area contributed by atoms with E-state index < -0.39 is 33.2 Å². The fourth-order valence-electron chi connectivity index (χ4n) is 3.00. The van der Waals surface area contributed by atoms with E-state index in [2.05, 4.69) is 21.0 Å². The third-order valence-corrected chi connectivity index (χ3v) is 6.24. The quantitative estimate of drug-likeness (QED) is 0.703. The van der Waals surface area contributed by atoms with E-state index in [1.807, 2.05) is 25.1 Å². The third kappa shape index (κ3) is 5.43. The van der Waals surface area contributed by atoms with Gasteiger partial charge in [0.25, 0.3) is 0 Å². The van der Waals surface area contributed by atoms with E-state index in [0.29, 0.717) is 26.2 Å². The molecular weight excluding hydrogens is 370 g/mol. The number of ether oxygens (including phenoxy) is 1. The number of aryl methyl sites for hydroxylation is 1. The van der Waals surface area contributed by atoms with Crippen LogP contribution in [0.2, 0.25) is 0 Å². The van der Waals surface area contributed by atoms with Gasteiger partial charge < -0.3 is 15.0 Å². The first-order valence-electron chi connectivity index (χ1n) is 8.74. The zero-order valence-corrected chi connectivity index (χ0v) is 17.0. The normalized spacial score (nSPS) is 16.1. The van der Waals surface area contributed by atoms with Gasteiger partial charge in [0, 0.05) is 31.9 Å². The maximum Gasteiger partial charge on any atom is 0.330 e. The van der Waals surface area contributed by atoms with Crippen molar-refractivity contribution in [1.29, 1.82) is 0 Å². The second-order valence-corrected chi connectivity index (χ2v) is 9.11. The van der Waals surface area contributed by atoms with Crippen molar-refractivity contribution in [2.75, 3.05) is 43.9 Å². The number of nitrogens with zero attached hydrogens (tertiary/aromatic N) is 2. The average Bonchev–Trinajstić information content (AvgIpc) is 2.60. The highest BCUT2D eigenvalue weighted by molar-refractivity contribution is 7.89. The van der Waals surface area contributed by atoms with E-state index >= 15 is 0 Å². The van der Waals surface area contributed by atoms with Crippen molar-refractivity contribution in [2.45, 2.75) is 26.3 Å². The molecule has 1 amide bonds. The van der Waals surface area contributed by atoms with E-state index in [4.69, 9.17) is 0 Å². The van der Waals surface area contributed by atoms with Crippen molar-refractivity contribution >= 4 is 27.6 Å². The first-order chi connectivity index (χ1) is 12.5. The maximum atomic E-state index is 12.5. The molecule has 0 radical (unpaired) electrons. The van der Waals surface area contributed by atoms with Crippen LogP contribution in [-0.2, 0) is 24.3 Å². The minimum absolute atomic E-state index is 0.309. The predicted octanol–water partition coefficient (Wildman–Crippen LogP) is 0.515. The molecular formula is C18H27N3O5S. The van der Waals surface area contributed by atoms with Crippen LogP contribution in [0.4, 0.5) is 5.69 Å². The number of esters is 1. The first-order valence-corrected chi connectivity index (χ1v) is 10.3. The summed E-state index contributed by atoms with van der Waals surface area (Å²) in [6.07, 6.45) is 0. The Bertz CT molecular complexity index is 799. The summed E-state index contributed by atoms with van der Waals surface area (Å²) >= 11 is 0. The minimum Gasteiger partial charge on any atom is -0.467 e. The van der Waals surface area contributed by atoms with Gasteiger partial charge in [-0.2, -0.15) is 4.31 Å². The minimum atomic E-state index is -3.76. The number of amides is 1. The molecule has 27 heavy (non-hydrogen) atoms. The molecule has 1 heterocycles. The van der Waals surface area contributed by atoms with Gasteiger partial charge >= 0.3 is 5.97 Å². The molecule has 1 saturated heterocycles. The smallest absolute Gasteiger partial charge is 0.330 e. The lowest BCUT2D eigenvalue weighted by Crippen LogP contribution is -2.54. The van der Waals surface area contributed by atoms with Crippen molar-refractivity contribution in [3.05, 3.63) is 29.8 Å². The number of methoxy groups -OCH3 is 1. The maximum absolute atomic E-state index is 12.5. The first kappa shape index (κ1) is 21.2. The van der Waals surface area contributed by atoms with E-state index in [1.165, 1.54) is 25.3 Å². The Morgan fingerprint density at radius 3 is 2.37 bits per heavy atom. The number of hydrogen-bond acceptors (Lipinski definition) is 6. The van der Waals surface area contributed by atoms with Crippen LogP contribution in [-0.4, -0.2) is 69.2 Å². The predicted molar refractivity (Wildman–Crippen MR) is 103 cm³/mol. The summed E-state index contributed by atoms with van der Waals surface area (Å²) in [6.45, 7) is 6.66. The van der Waals surface area contributed by atoms with E-state index in [9.17, 15) is 18.0 Å². The summed E-state index contributed by atoms with van der Waals surface area (Å²) in [5.41, 5.74) is 0.919. The average molecular weight is 397 g/mol. The molecule has 9 heteroatoms. The molecule has 0 aromatic heterocycles. The number of nitrogens with one attached hydrogen (secondary N) is 1. The number of sulfonamides is 1. The molecule has 0 aliphatic carbocycles. The highest BCUT2D eigenvalue weighted by Gasteiger charge is 2.34. The molecule has 1 fully saturated rings. The molecule has 2 rings (SSSR count). The Balaban J connectivity index is 1.94. The van der Waals surface area contributed by atoms with Crippen LogP contribution >= 0.6 is 0 Å². The summed E-state index contributed by atoms with van der Waals surface area (Å²) in [4.78, 5) is 25.9. The van der Waals surface area contributed by atoms with Gasteiger partial charge in [-0.15, -0.1) is 0 Å². The fraction of sp³-hybridized carbons (Fsp3) is 0.556. The molecule has 0 atom stereocenters. The van der Waals surface area contributed by atoms with Gasteiger partial charge in [0.15, 0.2) is 0 Å². The Kier molecular flexibility index (Phi) is 6.48. The van der Waals surface area contributed by atoms with Crippen molar-refractivity contribution in [1.82, 2.24) is 9.62 Å². The molecule has 150 valence electrons. The molecule has 1 aromatic carbocycles. The van der Waals surface area contributed by atoms with Gasteiger partial charge in [-0.25, -0.2) is 13.2 Å². The van der Waals surface area contributed by atoms with Gasteiger partial charge in [0.2, 0.25) is 15.9 Å². The van der Waals surface area contributed by atoms with Crippen molar-refractivity contribution < 1.29 is 22.7 Å². The molecule has 0 unspecified atom stereocenters. The fourth-order valence-corrected chi connectivity index (χ4v) is 4.30. The van der Waals surface area contributed by atoms with E-state index in [-0.39, 0.29) is 0 Å². The zero-order chi connectivity index (χ0) is 20.2. The summed E-state index contributed by atoms with van der Waals surface area (Å²) in [5, 5.41) is 2.41. The topological polar surface area (TPSA) is 96.0 Å². The Morgan fingerprint density at radius 2 is 1.81 bits per heavy atom. The van der Waals surface area contributed by atoms with Gasteiger partial charge in [0.1, 0.15) is 11.3 Å². The number of carbonyl (C=O) groups is 2. The van der Waals surface area contributed by atoms with Crippen molar-refractivity contribution in [3.63, 3.8) is 0 Å². The monoisotopic (exact) mass is 397 g/mol. The van der Waals surface area contributed by atoms with Crippen molar-refractivity contribution in [3.8, 4) is 0 Å². The van der Waals surface area contributed by atoms with Crippen LogP contribution in [0.3, 0.4) is 0 Å². The molecule has 8 nitrogen and oxygen atoms in total. The number of piperazine rings is 1. The standard InChI is InChI=1S/C18H27N3O5S/c1-14-6-5-7-15(12-14)20-8-10-21(11-9-20)27(24,25)13-16(22)19-18(2,3)17(23)26-4/h5-7,12H,8-11,13H2,1-4H3,(H,19,22). The lowest BCUT2D eigenvalue weighted by atomic mass is 10.1. The Hall–Kier alpha value is -2.13. The SMILES string of the molecule is COC(=O)C(C)(C)NC(=O)CS(=O)(=O)N1CCN(c2cccc(C)c2)CC1. The third-order valence-electron chi connectivity index (χ3n) is 4.46. The number of rotatable bonds is 6. The summed E-state index contributed by atoms with van der Waals surface area (Å²) in [6, 6.07) is 8.05. The second-order valence-electron chi connectivity index (χ2n) is 7.15. The molecule has 0 saturated carbocycles. The van der Waals surface area contributed by atoms with Gasteiger partial charge in [0.05, 0.1) is 7.11 Å². The van der Waals surface area contributed by atoms with E-state index in [1.54, 1.807) is 0 Å². The summed E-state index contributed by atoms with van der Waals surface area (Å²) in [5.74, 6) is -2.07. The summed E-state index contributed by atoms with van der Waals surface area (Å²) < 4.78 is 31.0. The van der Waals surface area contributed by atoms with E-state index in [0.717, 1.165) is 11.3 Å². The Labute approximate surface area is 160 Å². The molecule has 1 aliphatic heterocycles. The molecule has 1 aliphatic rings. The van der Waals surface area contributed by atoms with Crippen LogP contribution in [0.15, 0.2) is 24.3 Å². The molecule has 1 N–H and O–H groups in total. The van der Waals surface area contributed by atoms with Crippen LogP contribution < -0.4 is 10.2 Å². The van der Waals surface area contributed by atoms with Crippen LogP contribution in [0.1, 0.15) is 19.4 Å². The highest BCUT2D eigenvalue weighted by Crippen LogP contribution is 2.19. The zero-order valence-electron chi connectivity index (χ0n) is 16.2. The van der Waals surface area contributed by atoms with Gasteiger partial charge in [-0.1, -0.05) is 12.1 Å². The number of anilines is 1. The second kappa shape index (κ2) is 8.26. The number of hydrogen-bond donors (Lipinski definition) is 1. The summed E-state index contributed by atoms with van der Waals surface area (Å²) in [7, 11) is -2.55. The largest absolute Gasteiger partial charge is 0.467 e. The van der Waals surface area contributed by atoms with Crippen LogP contribution in [0.5, 0.6) is 0 Å². The number of benzene rings is 1. The molecule has 0 bridgehead atoms. The lowest BCUT2D eigenvalue weighted by Gasteiger charge is -2.35. The van der Waals surface area contributed by atoms with Crippen LogP contribution in [0, 0.1) is 6.92 Å². The highest BCUT2D eigenvalue weighted by atomic mass is 32.2. The molecule has 1 aromatic rings.